The van der Waals surface area contributed by atoms with Crippen LogP contribution in [0, 0.1) is 11.8 Å². The van der Waals surface area contributed by atoms with Crippen molar-refractivity contribution in [1.82, 2.24) is 10.2 Å². The van der Waals surface area contributed by atoms with Crippen molar-refractivity contribution in [2.24, 2.45) is 11.8 Å². The monoisotopic (exact) mass is 284 g/mol. The maximum absolute atomic E-state index is 5.29. The summed E-state index contributed by atoms with van der Waals surface area (Å²) in [7, 11) is 4.04. The van der Waals surface area contributed by atoms with Crippen LogP contribution >= 0.6 is 0 Å². The molecule has 0 heterocycles. The molecule has 1 saturated carbocycles. The van der Waals surface area contributed by atoms with E-state index in [9.17, 15) is 0 Å². The highest BCUT2D eigenvalue weighted by atomic mass is 16.5. The molecule has 3 nitrogen and oxygen atoms in total. The topological polar surface area (TPSA) is 24.5 Å². The predicted octanol–water partition coefficient (Wildman–Crippen LogP) is 3.15. The van der Waals surface area contributed by atoms with Gasteiger partial charge < -0.3 is 15.0 Å². The van der Waals surface area contributed by atoms with Gasteiger partial charge in [0.1, 0.15) is 0 Å². The van der Waals surface area contributed by atoms with Crippen molar-refractivity contribution in [2.75, 3.05) is 33.9 Å². The lowest BCUT2D eigenvalue weighted by Crippen LogP contribution is -2.47. The van der Waals surface area contributed by atoms with E-state index < -0.39 is 0 Å². The first-order valence-electron chi connectivity index (χ1n) is 8.54. The van der Waals surface area contributed by atoms with E-state index in [1.807, 2.05) is 0 Å². The summed E-state index contributed by atoms with van der Waals surface area (Å²) in [6, 6.07) is 1.23. The van der Waals surface area contributed by atoms with E-state index in [-0.39, 0.29) is 0 Å². The van der Waals surface area contributed by atoms with Crippen LogP contribution in [0.1, 0.15) is 52.9 Å². The summed E-state index contributed by atoms with van der Waals surface area (Å²) in [6.07, 6.45) is 6.73. The minimum absolute atomic E-state index is 0.508. The Morgan fingerprint density at radius 1 is 1.30 bits per heavy atom. The van der Waals surface area contributed by atoms with Crippen LogP contribution in [0.4, 0.5) is 0 Å². The van der Waals surface area contributed by atoms with Gasteiger partial charge in [0.15, 0.2) is 0 Å². The molecule has 4 atom stereocenters. The molecular weight excluding hydrogens is 248 g/mol. The molecule has 0 aromatic carbocycles. The van der Waals surface area contributed by atoms with Crippen molar-refractivity contribution in [3.8, 4) is 0 Å². The van der Waals surface area contributed by atoms with Gasteiger partial charge in [0, 0.05) is 25.7 Å². The quantitative estimate of drug-likeness (QED) is 0.704. The smallest absolute Gasteiger partial charge is 0.0615 e. The third-order valence-corrected chi connectivity index (χ3v) is 5.01. The molecule has 0 radical (unpaired) electrons. The summed E-state index contributed by atoms with van der Waals surface area (Å²) in [6.45, 7) is 10.1. The molecule has 1 N–H and O–H groups in total. The van der Waals surface area contributed by atoms with Crippen molar-refractivity contribution in [3.63, 3.8) is 0 Å². The molecule has 1 rings (SSSR count). The first-order valence-corrected chi connectivity index (χ1v) is 8.54. The molecule has 0 aromatic heterocycles. The first kappa shape index (κ1) is 17.9. The number of nitrogens with zero attached hydrogens (tertiary/aromatic N) is 1. The van der Waals surface area contributed by atoms with Gasteiger partial charge in [-0.2, -0.15) is 0 Å². The van der Waals surface area contributed by atoms with Gasteiger partial charge in [-0.1, -0.05) is 20.3 Å². The van der Waals surface area contributed by atoms with E-state index in [1.54, 1.807) is 7.11 Å². The van der Waals surface area contributed by atoms with E-state index in [0.29, 0.717) is 6.04 Å². The Bertz CT molecular complexity index is 247. The third-order valence-electron chi connectivity index (χ3n) is 5.01. The zero-order valence-corrected chi connectivity index (χ0v) is 14.3. The van der Waals surface area contributed by atoms with Gasteiger partial charge in [-0.25, -0.2) is 0 Å². The highest BCUT2D eigenvalue weighted by Crippen LogP contribution is 2.32. The van der Waals surface area contributed by atoms with Crippen molar-refractivity contribution in [2.45, 2.75) is 65.0 Å². The summed E-state index contributed by atoms with van der Waals surface area (Å²) in [5, 5.41) is 3.78. The van der Waals surface area contributed by atoms with Crippen LogP contribution in [0.2, 0.25) is 0 Å². The fraction of sp³-hybridized carbons (Fsp3) is 1.00. The van der Waals surface area contributed by atoms with Crippen LogP contribution in [0.15, 0.2) is 0 Å². The Morgan fingerprint density at radius 3 is 2.65 bits per heavy atom. The van der Waals surface area contributed by atoms with Crippen LogP contribution in [0.5, 0.6) is 0 Å². The number of ether oxygens (including phenoxy) is 1. The van der Waals surface area contributed by atoms with Crippen LogP contribution in [-0.4, -0.2) is 50.8 Å². The van der Waals surface area contributed by atoms with Crippen molar-refractivity contribution in [1.29, 1.82) is 0 Å². The average molecular weight is 284 g/mol. The number of hydrogen-bond acceptors (Lipinski definition) is 3. The van der Waals surface area contributed by atoms with Gasteiger partial charge >= 0.3 is 0 Å². The van der Waals surface area contributed by atoms with E-state index in [2.05, 4.69) is 38.0 Å². The number of likely N-dealkylation sites (N-methyl/N-ethyl adjacent to an activating group) is 1. The molecule has 120 valence electrons. The highest BCUT2D eigenvalue weighted by Gasteiger charge is 2.30. The second kappa shape index (κ2) is 9.75. The van der Waals surface area contributed by atoms with Crippen molar-refractivity contribution < 1.29 is 4.74 Å². The Labute approximate surface area is 126 Å². The molecule has 1 aliphatic carbocycles. The van der Waals surface area contributed by atoms with Gasteiger partial charge in [-0.05, 0) is 58.0 Å². The lowest BCUT2D eigenvalue weighted by molar-refractivity contribution is 0.0841. The molecule has 0 spiro atoms. The van der Waals surface area contributed by atoms with Crippen molar-refractivity contribution >= 4 is 0 Å². The second-order valence-electron chi connectivity index (χ2n) is 6.65. The zero-order valence-electron chi connectivity index (χ0n) is 14.3. The molecule has 0 saturated heterocycles. The van der Waals surface area contributed by atoms with Gasteiger partial charge in [0.2, 0.25) is 0 Å². The largest absolute Gasteiger partial charge is 0.383 e. The zero-order chi connectivity index (χ0) is 15.0. The summed E-state index contributed by atoms with van der Waals surface area (Å²) in [5.41, 5.74) is 0. The molecule has 20 heavy (non-hydrogen) atoms. The maximum Gasteiger partial charge on any atom is 0.0615 e. The van der Waals surface area contributed by atoms with Crippen LogP contribution in [0.25, 0.3) is 0 Å². The van der Waals surface area contributed by atoms with Gasteiger partial charge in [0.05, 0.1) is 6.61 Å². The van der Waals surface area contributed by atoms with Gasteiger partial charge in [-0.3, -0.25) is 0 Å². The van der Waals surface area contributed by atoms with E-state index >= 15 is 0 Å². The lowest BCUT2D eigenvalue weighted by atomic mass is 9.76. The van der Waals surface area contributed by atoms with E-state index in [0.717, 1.165) is 31.0 Å². The lowest BCUT2D eigenvalue weighted by Gasteiger charge is -2.39. The average Bonchev–Trinajstić information content (AvgIpc) is 2.46. The molecule has 0 aliphatic heterocycles. The Morgan fingerprint density at radius 2 is 2.05 bits per heavy atom. The fourth-order valence-electron chi connectivity index (χ4n) is 3.45. The number of rotatable bonds is 9. The highest BCUT2D eigenvalue weighted by molar-refractivity contribution is 4.86. The minimum Gasteiger partial charge on any atom is -0.383 e. The number of nitrogens with one attached hydrogen (secondary N) is 1. The summed E-state index contributed by atoms with van der Waals surface area (Å²) in [5.74, 6) is 1.73. The van der Waals surface area contributed by atoms with E-state index in [1.165, 1.54) is 38.6 Å². The molecular formula is C17H36N2O. The minimum atomic E-state index is 0.508. The van der Waals surface area contributed by atoms with Gasteiger partial charge in [-0.15, -0.1) is 0 Å². The molecule has 0 aromatic rings. The van der Waals surface area contributed by atoms with Gasteiger partial charge in [0.25, 0.3) is 0 Å². The number of hydrogen-bond donors (Lipinski definition) is 1. The molecule has 1 fully saturated rings. The van der Waals surface area contributed by atoms with Crippen LogP contribution < -0.4 is 5.32 Å². The standard InChI is InChI=1S/C17H36N2O/c1-6-10-18-17-9-8-15(7-2)11-16(17)12-19(4)14(3)13-20-5/h14-18H,6-13H2,1-5H3. The van der Waals surface area contributed by atoms with Crippen LogP contribution in [-0.2, 0) is 4.74 Å². The number of methoxy groups -OCH3 is 1. The molecule has 1 aliphatic rings. The maximum atomic E-state index is 5.29. The third kappa shape index (κ3) is 5.71. The second-order valence-corrected chi connectivity index (χ2v) is 6.65. The summed E-state index contributed by atoms with van der Waals surface area (Å²) in [4.78, 5) is 2.48. The van der Waals surface area contributed by atoms with E-state index in [4.69, 9.17) is 4.74 Å². The summed E-state index contributed by atoms with van der Waals surface area (Å²) >= 11 is 0. The Balaban J connectivity index is 2.53. The fourth-order valence-corrected chi connectivity index (χ4v) is 3.45. The molecule has 3 heteroatoms. The summed E-state index contributed by atoms with van der Waals surface area (Å²) < 4.78 is 5.29. The SMILES string of the molecule is CCCNC1CCC(CC)CC1CN(C)C(C)COC. The molecule has 4 unspecified atom stereocenters. The predicted molar refractivity (Wildman–Crippen MR) is 87.2 cm³/mol. The van der Waals surface area contributed by atoms with Crippen LogP contribution in [0.3, 0.4) is 0 Å². The Kier molecular flexibility index (Phi) is 8.74. The molecule has 0 amide bonds. The van der Waals surface area contributed by atoms with Crippen molar-refractivity contribution in [3.05, 3.63) is 0 Å². The Hall–Kier alpha value is -0.120. The molecule has 0 bridgehead atoms. The normalized spacial score (nSPS) is 28.8. The first-order chi connectivity index (χ1) is 9.62.